The van der Waals surface area contributed by atoms with E-state index in [0.29, 0.717) is 0 Å². The van der Waals surface area contributed by atoms with Crippen LogP contribution in [0.2, 0.25) is 0 Å². The zero-order valence-electron chi connectivity index (χ0n) is 4.05. The number of carbonyl (C=O) groups is 2. The summed E-state index contributed by atoms with van der Waals surface area (Å²) >= 11 is 0. The summed E-state index contributed by atoms with van der Waals surface area (Å²) in [6.07, 6.45) is 0.227. The van der Waals surface area contributed by atoms with E-state index < -0.39 is 12.8 Å². The van der Waals surface area contributed by atoms with E-state index in [1.54, 1.807) is 5.32 Å². The zero-order valence-corrected chi connectivity index (χ0v) is 4.05. The SMILES string of the molecule is O=CNC(=O)NCO. The third-order valence-electron chi connectivity index (χ3n) is 0.430. The van der Waals surface area contributed by atoms with Gasteiger partial charge in [-0.3, -0.25) is 10.1 Å². The predicted octanol–water partition coefficient (Wildman–Crippen LogP) is -1.61. The van der Waals surface area contributed by atoms with Gasteiger partial charge in [0.1, 0.15) is 6.73 Å². The molecular weight excluding hydrogens is 112 g/mol. The highest BCUT2D eigenvalue weighted by Crippen LogP contribution is 1.54. The molecule has 0 saturated heterocycles. The highest BCUT2D eigenvalue weighted by molar-refractivity contribution is 5.84. The van der Waals surface area contributed by atoms with E-state index in [1.165, 1.54) is 0 Å². The summed E-state index contributed by atoms with van der Waals surface area (Å²) in [5, 5.41) is 11.7. The molecule has 46 valence electrons. The highest BCUT2D eigenvalue weighted by atomic mass is 16.3. The Hall–Kier alpha value is -1.10. The van der Waals surface area contributed by atoms with Crippen molar-refractivity contribution in [1.29, 1.82) is 0 Å². The normalized spacial score (nSPS) is 7.62. The topological polar surface area (TPSA) is 78.4 Å². The number of carbonyl (C=O) groups excluding carboxylic acids is 2. The maximum atomic E-state index is 10.0. The standard InChI is InChI=1S/C3H6N2O3/c6-1-4-3(8)5-2-7/h1,7H,2H2,(H2,4,5,6,8). The summed E-state index contributed by atoms with van der Waals surface area (Å²) in [7, 11) is 0. The molecule has 0 aliphatic heterocycles. The maximum absolute atomic E-state index is 10.0. The van der Waals surface area contributed by atoms with E-state index in [4.69, 9.17) is 5.11 Å². The minimum absolute atomic E-state index is 0.227. The third-order valence-corrected chi connectivity index (χ3v) is 0.430. The van der Waals surface area contributed by atoms with Gasteiger partial charge in [-0.05, 0) is 0 Å². The molecule has 5 heteroatoms. The molecule has 0 fully saturated rings. The molecule has 0 aliphatic carbocycles. The average molecular weight is 118 g/mol. The number of urea groups is 1. The van der Waals surface area contributed by atoms with Crippen LogP contribution in [0.15, 0.2) is 0 Å². The molecule has 0 aromatic carbocycles. The minimum Gasteiger partial charge on any atom is -0.376 e. The molecule has 0 heterocycles. The van der Waals surface area contributed by atoms with Crippen LogP contribution in [-0.4, -0.2) is 24.3 Å². The zero-order chi connectivity index (χ0) is 6.41. The minimum atomic E-state index is -0.706. The van der Waals surface area contributed by atoms with Gasteiger partial charge < -0.3 is 10.4 Å². The lowest BCUT2D eigenvalue weighted by molar-refractivity contribution is -0.108. The number of hydrogen-bond acceptors (Lipinski definition) is 3. The van der Waals surface area contributed by atoms with E-state index >= 15 is 0 Å². The lowest BCUT2D eigenvalue weighted by atomic mass is 10.9. The van der Waals surface area contributed by atoms with E-state index in [0.717, 1.165) is 0 Å². The monoisotopic (exact) mass is 118 g/mol. The molecule has 0 atom stereocenters. The first-order valence-electron chi connectivity index (χ1n) is 1.90. The van der Waals surface area contributed by atoms with Crippen LogP contribution in [0, 0.1) is 0 Å². The first kappa shape index (κ1) is 6.90. The Labute approximate surface area is 45.7 Å². The van der Waals surface area contributed by atoms with Crippen molar-refractivity contribution in [2.75, 3.05) is 6.73 Å². The molecule has 0 spiro atoms. The van der Waals surface area contributed by atoms with Gasteiger partial charge in [0.2, 0.25) is 6.41 Å². The van der Waals surface area contributed by atoms with E-state index in [1.807, 2.05) is 5.32 Å². The molecule has 0 aromatic heterocycles. The number of imide groups is 1. The van der Waals surface area contributed by atoms with Gasteiger partial charge in [-0.2, -0.15) is 0 Å². The predicted molar refractivity (Wildman–Crippen MR) is 24.8 cm³/mol. The van der Waals surface area contributed by atoms with Crippen molar-refractivity contribution in [2.45, 2.75) is 0 Å². The summed E-state index contributed by atoms with van der Waals surface area (Å²) < 4.78 is 0. The van der Waals surface area contributed by atoms with Gasteiger partial charge in [0.15, 0.2) is 0 Å². The fourth-order valence-corrected chi connectivity index (χ4v) is 0.176. The molecule has 0 saturated carbocycles. The Kier molecular flexibility index (Phi) is 3.51. The quantitative estimate of drug-likeness (QED) is 0.301. The van der Waals surface area contributed by atoms with E-state index in [9.17, 15) is 9.59 Å². The molecule has 5 nitrogen and oxygen atoms in total. The van der Waals surface area contributed by atoms with E-state index in [2.05, 4.69) is 0 Å². The average Bonchev–Trinajstić information content (AvgIpc) is 1.68. The van der Waals surface area contributed by atoms with Crippen molar-refractivity contribution in [1.82, 2.24) is 10.6 Å². The number of rotatable bonds is 2. The van der Waals surface area contributed by atoms with Gasteiger partial charge in [0.05, 0.1) is 0 Å². The second kappa shape index (κ2) is 4.07. The van der Waals surface area contributed by atoms with Gasteiger partial charge in [0, 0.05) is 0 Å². The summed E-state index contributed by atoms with van der Waals surface area (Å²) in [5.41, 5.74) is 0. The summed E-state index contributed by atoms with van der Waals surface area (Å²) in [4.78, 5) is 19.5. The molecule has 0 aromatic rings. The first-order valence-corrected chi connectivity index (χ1v) is 1.90. The van der Waals surface area contributed by atoms with Crippen molar-refractivity contribution in [3.63, 3.8) is 0 Å². The summed E-state index contributed by atoms with van der Waals surface area (Å²) in [6, 6.07) is -0.706. The first-order chi connectivity index (χ1) is 3.81. The van der Waals surface area contributed by atoms with Crippen LogP contribution in [-0.2, 0) is 4.79 Å². The second-order valence-electron chi connectivity index (χ2n) is 0.926. The van der Waals surface area contributed by atoms with Crippen molar-refractivity contribution in [3.05, 3.63) is 0 Å². The number of aliphatic hydroxyl groups is 1. The molecule has 0 aliphatic rings. The van der Waals surface area contributed by atoms with Gasteiger partial charge in [0.25, 0.3) is 0 Å². The Bertz CT molecular complexity index is 92.5. The van der Waals surface area contributed by atoms with Crippen LogP contribution in [0.5, 0.6) is 0 Å². The largest absolute Gasteiger partial charge is 0.376 e. The highest BCUT2D eigenvalue weighted by Gasteiger charge is 1.91. The molecule has 0 radical (unpaired) electrons. The Morgan fingerprint density at radius 2 is 2.38 bits per heavy atom. The van der Waals surface area contributed by atoms with Crippen LogP contribution in [0.3, 0.4) is 0 Å². The molecular formula is C3H6N2O3. The number of nitrogens with one attached hydrogen (secondary N) is 2. The molecule has 3 N–H and O–H groups in total. The van der Waals surface area contributed by atoms with Crippen molar-refractivity contribution >= 4 is 12.4 Å². The van der Waals surface area contributed by atoms with Crippen molar-refractivity contribution in [3.8, 4) is 0 Å². The smallest absolute Gasteiger partial charge is 0.323 e. The maximum Gasteiger partial charge on any atom is 0.323 e. The van der Waals surface area contributed by atoms with Gasteiger partial charge in [-0.1, -0.05) is 0 Å². The molecule has 8 heavy (non-hydrogen) atoms. The lowest BCUT2D eigenvalue weighted by Gasteiger charge is -1.94. The van der Waals surface area contributed by atoms with Crippen LogP contribution < -0.4 is 10.6 Å². The molecule has 3 amide bonds. The Morgan fingerprint density at radius 3 is 2.75 bits per heavy atom. The number of aliphatic hydroxyl groups excluding tert-OH is 1. The molecule has 0 unspecified atom stereocenters. The third kappa shape index (κ3) is 3.10. The number of amides is 3. The summed E-state index contributed by atoms with van der Waals surface area (Å²) in [6.45, 7) is -0.473. The lowest BCUT2D eigenvalue weighted by Crippen LogP contribution is -2.34. The second-order valence-corrected chi connectivity index (χ2v) is 0.926. The van der Waals surface area contributed by atoms with Crippen LogP contribution >= 0.6 is 0 Å². The van der Waals surface area contributed by atoms with Crippen molar-refractivity contribution < 1.29 is 14.7 Å². The van der Waals surface area contributed by atoms with Crippen LogP contribution in [0.1, 0.15) is 0 Å². The number of hydrogen-bond donors (Lipinski definition) is 3. The Balaban J connectivity index is 3.18. The van der Waals surface area contributed by atoms with Crippen LogP contribution in [0.25, 0.3) is 0 Å². The van der Waals surface area contributed by atoms with Gasteiger partial charge in [-0.25, -0.2) is 4.79 Å². The van der Waals surface area contributed by atoms with Crippen LogP contribution in [0.4, 0.5) is 4.79 Å². The van der Waals surface area contributed by atoms with E-state index in [-0.39, 0.29) is 6.41 Å². The Morgan fingerprint density at radius 1 is 1.75 bits per heavy atom. The summed E-state index contributed by atoms with van der Waals surface area (Å²) in [5.74, 6) is 0. The molecule has 0 rings (SSSR count). The fourth-order valence-electron chi connectivity index (χ4n) is 0.176. The van der Waals surface area contributed by atoms with Gasteiger partial charge in [-0.15, -0.1) is 0 Å². The van der Waals surface area contributed by atoms with Crippen molar-refractivity contribution in [2.24, 2.45) is 0 Å². The van der Waals surface area contributed by atoms with Gasteiger partial charge >= 0.3 is 6.03 Å². The fraction of sp³-hybridized carbons (Fsp3) is 0.333. The molecule has 0 bridgehead atoms.